The molecule has 1 aliphatic rings. The molecule has 1 N–H and O–H groups in total. The van der Waals surface area contributed by atoms with Crippen LogP contribution in [0.25, 0.3) is 0 Å². The summed E-state index contributed by atoms with van der Waals surface area (Å²) in [6.45, 7) is 10.6. The molecule has 1 aliphatic heterocycles. The summed E-state index contributed by atoms with van der Waals surface area (Å²) >= 11 is 0. The van der Waals surface area contributed by atoms with E-state index in [1.165, 1.54) is 18.4 Å². The van der Waals surface area contributed by atoms with Crippen LogP contribution in [0.3, 0.4) is 0 Å². The Morgan fingerprint density at radius 2 is 2.00 bits per heavy atom. The molecule has 0 saturated carbocycles. The van der Waals surface area contributed by atoms with E-state index in [4.69, 9.17) is 9.47 Å². The highest BCUT2D eigenvalue weighted by atomic mass is 16.5. The normalized spacial score (nSPS) is 19.4. The molecule has 0 bridgehead atoms. The van der Waals surface area contributed by atoms with Crippen molar-refractivity contribution in [1.82, 2.24) is 5.32 Å². The summed E-state index contributed by atoms with van der Waals surface area (Å²) in [5.74, 6) is 1.89. The van der Waals surface area contributed by atoms with E-state index in [0.29, 0.717) is 6.04 Å². The predicted octanol–water partition coefficient (Wildman–Crippen LogP) is 4.86. The summed E-state index contributed by atoms with van der Waals surface area (Å²) in [7, 11) is 0. The highest BCUT2D eigenvalue weighted by Crippen LogP contribution is 2.41. The van der Waals surface area contributed by atoms with Crippen molar-refractivity contribution in [3.05, 3.63) is 23.8 Å². The zero-order valence-corrected chi connectivity index (χ0v) is 14.6. The minimum Gasteiger partial charge on any atom is -0.493 e. The van der Waals surface area contributed by atoms with Crippen LogP contribution in [0.5, 0.6) is 11.5 Å². The third-order valence-corrected chi connectivity index (χ3v) is 4.13. The summed E-state index contributed by atoms with van der Waals surface area (Å²) in [5.41, 5.74) is 1.12. The average molecular weight is 305 g/mol. The van der Waals surface area contributed by atoms with E-state index in [9.17, 15) is 0 Å². The molecule has 0 fully saturated rings. The Morgan fingerprint density at radius 1 is 1.23 bits per heavy atom. The highest BCUT2D eigenvalue weighted by molar-refractivity contribution is 5.44. The van der Waals surface area contributed by atoms with Gasteiger partial charge in [-0.15, -0.1) is 0 Å². The first-order chi connectivity index (χ1) is 10.6. The van der Waals surface area contributed by atoms with E-state index in [2.05, 4.69) is 51.2 Å². The minimum absolute atomic E-state index is 0.140. The fourth-order valence-corrected chi connectivity index (χ4v) is 2.89. The van der Waals surface area contributed by atoms with Gasteiger partial charge in [0.15, 0.2) is 0 Å². The summed E-state index contributed by atoms with van der Waals surface area (Å²) in [4.78, 5) is 0. The van der Waals surface area contributed by atoms with Crippen molar-refractivity contribution in [1.29, 1.82) is 0 Å². The lowest BCUT2D eigenvalue weighted by atomic mass is 9.89. The first kappa shape index (κ1) is 17.1. The van der Waals surface area contributed by atoms with Gasteiger partial charge >= 0.3 is 0 Å². The van der Waals surface area contributed by atoms with E-state index < -0.39 is 0 Å². The molecule has 1 aromatic rings. The van der Waals surface area contributed by atoms with Gasteiger partial charge in [-0.2, -0.15) is 0 Å². The maximum Gasteiger partial charge on any atom is 0.128 e. The third kappa shape index (κ3) is 4.64. The van der Waals surface area contributed by atoms with Gasteiger partial charge in [0, 0.05) is 24.1 Å². The molecular formula is C19H31NO2. The van der Waals surface area contributed by atoms with Gasteiger partial charge in [-0.05, 0) is 39.3 Å². The van der Waals surface area contributed by atoms with Crippen LogP contribution in [0, 0.1) is 0 Å². The van der Waals surface area contributed by atoms with Crippen LogP contribution < -0.4 is 14.8 Å². The fraction of sp³-hybridized carbons (Fsp3) is 0.684. The van der Waals surface area contributed by atoms with Gasteiger partial charge in [0.1, 0.15) is 17.1 Å². The van der Waals surface area contributed by atoms with Crippen LogP contribution >= 0.6 is 0 Å². The number of unbranched alkanes of at least 4 members (excludes halogenated alkanes) is 2. The van der Waals surface area contributed by atoms with Crippen molar-refractivity contribution in [2.24, 2.45) is 0 Å². The molecule has 1 aromatic carbocycles. The highest BCUT2D eigenvalue weighted by Gasteiger charge is 2.33. The molecule has 0 aliphatic carbocycles. The molecule has 1 atom stereocenters. The second-order valence-electron chi connectivity index (χ2n) is 6.83. The molecular weight excluding hydrogens is 274 g/mol. The number of benzene rings is 1. The van der Waals surface area contributed by atoms with Crippen molar-refractivity contribution in [2.75, 3.05) is 13.2 Å². The lowest BCUT2D eigenvalue weighted by molar-refractivity contribution is 0.0656. The van der Waals surface area contributed by atoms with E-state index in [-0.39, 0.29) is 5.60 Å². The van der Waals surface area contributed by atoms with Crippen molar-refractivity contribution >= 4 is 0 Å². The quantitative estimate of drug-likeness (QED) is 0.696. The Kier molecular flexibility index (Phi) is 6.13. The Bertz CT molecular complexity index is 471. The molecule has 3 nitrogen and oxygen atoms in total. The molecule has 0 saturated heterocycles. The average Bonchev–Trinajstić information content (AvgIpc) is 2.46. The third-order valence-electron chi connectivity index (χ3n) is 4.13. The topological polar surface area (TPSA) is 30.5 Å². The van der Waals surface area contributed by atoms with Gasteiger partial charge in [0.25, 0.3) is 0 Å². The first-order valence-electron chi connectivity index (χ1n) is 8.75. The summed E-state index contributed by atoms with van der Waals surface area (Å²) < 4.78 is 12.0. The second-order valence-corrected chi connectivity index (χ2v) is 6.83. The van der Waals surface area contributed by atoms with Crippen molar-refractivity contribution < 1.29 is 9.47 Å². The summed E-state index contributed by atoms with van der Waals surface area (Å²) in [6.07, 6.45) is 5.67. The van der Waals surface area contributed by atoms with Crippen LogP contribution in [0.4, 0.5) is 0 Å². The molecule has 3 heteroatoms. The van der Waals surface area contributed by atoms with Gasteiger partial charge in [-0.1, -0.05) is 32.8 Å². The number of nitrogens with one attached hydrogen (secondary N) is 1. The summed E-state index contributed by atoms with van der Waals surface area (Å²) in [5, 5.41) is 3.69. The Balaban J connectivity index is 2.11. The van der Waals surface area contributed by atoms with Crippen LogP contribution in [-0.2, 0) is 0 Å². The number of fused-ring (bicyclic) bond motifs is 1. The monoisotopic (exact) mass is 305 g/mol. The molecule has 22 heavy (non-hydrogen) atoms. The molecule has 2 rings (SSSR count). The largest absolute Gasteiger partial charge is 0.493 e. The lowest BCUT2D eigenvalue weighted by Crippen LogP contribution is -2.39. The maximum absolute atomic E-state index is 6.18. The van der Waals surface area contributed by atoms with Crippen LogP contribution in [0.2, 0.25) is 0 Å². The second kappa shape index (κ2) is 7.87. The van der Waals surface area contributed by atoms with Crippen LogP contribution in [-0.4, -0.2) is 18.8 Å². The number of hydrogen-bond acceptors (Lipinski definition) is 3. The van der Waals surface area contributed by atoms with Gasteiger partial charge in [-0.3, -0.25) is 0 Å². The molecule has 1 unspecified atom stereocenters. The van der Waals surface area contributed by atoms with Crippen LogP contribution in [0.15, 0.2) is 18.2 Å². The van der Waals surface area contributed by atoms with E-state index in [1.54, 1.807) is 0 Å². The minimum atomic E-state index is -0.140. The Morgan fingerprint density at radius 3 is 2.73 bits per heavy atom. The predicted molar refractivity (Wildman–Crippen MR) is 91.8 cm³/mol. The number of rotatable bonds is 8. The maximum atomic E-state index is 6.18. The molecule has 0 spiro atoms. The number of ether oxygens (including phenoxy) is 2. The van der Waals surface area contributed by atoms with Crippen molar-refractivity contribution in [3.63, 3.8) is 0 Å². The summed E-state index contributed by atoms with van der Waals surface area (Å²) in [6, 6.07) is 6.66. The standard InChI is InChI=1S/C19H31NO2/c1-5-7-11-20-17-14-19(3,4)22-18-13-15(9-10-16(17)18)21-12-8-6-2/h9-10,13,17,20H,5-8,11-12,14H2,1-4H3. The molecule has 0 radical (unpaired) electrons. The molecule has 0 amide bonds. The molecule has 0 aromatic heterocycles. The van der Waals surface area contributed by atoms with E-state index in [0.717, 1.165) is 43.9 Å². The zero-order chi connectivity index (χ0) is 16.0. The SMILES string of the molecule is CCCCNC1CC(C)(C)Oc2cc(OCCCC)ccc21. The smallest absolute Gasteiger partial charge is 0.128 e. The zero-order valence-electron chi connectivity index (χ0n) is 14.6. The molecule has 1 heterocycles. The van der Waals surface area contributed by atoms with Gasteiger partial charge < -0.3 is 14.8 Å². The van der Waals surface area contributed by atoms with Crippen molar-refractivity contribution in [2.45, 2.75) is 71.4 Å². The van der Waals surface area contributed by atoms with E-state index >= 15 is 0 Å². The van der Waals surface area contributed by atoms with E-state index in [1.807, 2.05) is 0 Å². The fourth-order valence-electron chi connectivity index (χ4n) is 2.89. The van der Waals surface area contributed by atoms with Gasteiger partial charge in [0.2, 0.25) is 0 Å². The molecule has 124 valence electrons. The van der Waals surface area contributed by atoms with Crippen LogP contribution in [0.1, 0.15) is 71.4 Å². The van der Waals surface area contributed by atoms with Crippen molar-refractivity contribution in [3.8, 4) is 11.5 Å². The first-order valence-corrected chi connectivity index (χ1v) is 8.75. The Labute approximate surface area is 135 Å². The Hall–Kier alpha value is -1.22. The number of hydrogen-bond donors (Lipinski definition) is 1. The lowest BCUT2D eigenvalue weighted by Gasteiger charge is -2.38. The van der Waals surface area contributed by atoms with Gasteiger partial charge in [0.05, 0.1) is 6.61 Å². The van der Waals surface area contributed by atoms with Gasteiger partial charge in [-0.25, -0.2) is 0 Å².